The maximum atomic E-state index is 2.56. The number of hydrogen-bond acceptors (Lipinski definition) is 0. The van der Waals surface area contributed by atoms with Crippen LogP contribution in [0.5, 0.6) is 0 Å². The van der Waals surface area contributed by atoms with E-state index in [2.05, 4.69) is 176 Å². The third-order valence-electron chi connectivity index (χ3n) is 11.7. The van der Waals surface area contributed by atoms with E-state index in [-0.39, 0.29) is 0 Å². The smallest absolute Gasteiger partial charge is 0.000741 e. The molecule has 0 fully saturated rings. The van der Waals surface area contributed by atoms with Crippen LogP contribution in [0, 0.1) is 0 Å². The average Bonchev–Trinajstić information content (AvgIpc) is 3.63. The molecule has 8 aromatic rings. The molecular weight excluding hydrogens is 704 g/mol. The third kappa shape index (κ3) is 6.10. The fraction of sp³-hybridized carbons (Fsp3) is 0.143. The molecule has 0 saturated heterocycles. The van der Waals surface area contributed by atoms with E-state index < -0.39 is 7.92 Å². The molecule has 3 aliphatic carbocycles. The van der Waals surface area contributed by atoms with Gasteiger partial charge in [0, 0.05) is 0 Å². The van der Waals surface area contributed by atoms with Gasteiger partial charge in [-0.1, -0.05) is 198 Å². The fourth-order valence-corrected chi connectivity index (χ4v) is 12.3. The van der Waals surface area contributed by atoms with Crippen molar-refractivity contribution in [2.75, 3.05) is 0 Å². The van der Waals surface area contributed by atoms with E-state index in [9.17, 15) is 0 Å². The summed E-state index contributed by atoms with van der Waals surface area (Å²) in [5, 5.41) is 12.7. The zero-order valence-electron chi connectivity index (χ0n) is 33.5. The molecule has 0 bridgehead atoms. The monoisotopic (exact) mass is 752 g/mol. The molecule has 0 radical (unpaired) electrons. The van der Waals surface area contributed by atoms with Gasteiger partial charge in [0.05, 0.1) is 0 Å². The second-order valence-corrected chi connectivity index (χ2v) is 16.8. The summed E-state index contributed by atoms with van der Waals surface area (Å²) in [6.45, 7) is 8.00. The van der Waals surface area contributed by atoms with Crippen molar-refractivity contribution in [2.24, 2.45) is 0 Å². The highest BCUT2D eigenvalue weighted by molar-refractivity contribution is 7.77. The summed E-state index contributed by atoms with van der Waals surface area (Å²) < 4.78 is 0. The van der Waals surface area contributed by atoms with Crippen LogP contribution in [0.1, 0.15) is 58.1 Å². The Labute approximate surface area is 339 Å². The van der Waals surface area contributed by atoms with E-state index in [0.29, 0.717) is 0 Å². The molecule has 0 saturated carbocycles. The van der Waals surface area contributed by atoms with Crippen molar-refractivity contribution in [1.82, 2.24) is 0 Å². The van der Waals surface area contributed by atoms with Gasteiger partial charge in [-0.15, -0.1) is 0 Å². The molecule has 0 nitrogen and oxygen atoms in total. The number of fused-ring (bicyclic) bond motifs is 7. The predicted molar refractivity (Wildman–Crippen MR) is 253 cm³/mol. The Kier molecular flexibility index (Phi) is 10.3. The van der Waals surface area contributed by atoms with Crippen LogP contribution < -0.4 is 10.6 Å². The molecule has 278 valence electrons. The normalized spacial score (nSPS) is 13.9. The van der Waals surface area contributed by atoms with Crippen molar-refractivity contribution >= 4 is 56.9 Å². The number of allylic oxidation sites excluding steroid dienone is 5. The molecule has 57 heavy (non-hydrogen) atoms. The van der Waals surface area contributed by atoms with Crippen molar-refractivity contribution in [3.63, 3.8) is 0 Å². The van der Waals surface area contributed by atoms with Crippen LogP contribution in [0.15, 0.2) is 175 Å². The SMILES string of the molecule is C1=CCCC(P(c2cc3c(c4ccccc24)CCC=C3)c2ccc3c4c(cccc24)-c2c-3c(-c3ccccc3)c3ccccc3c2-c2ccccc2)=C1.CC.CC. The molecule has 3 aliphatic rings. The lowest BCUT2D eigenvalue weighted by atomic mass is 9.82. The van der Waals surface area contributed by atoms with Gasteiger partial charge in [-0.3, -0.25) is 0 Å². The highest BCUT2D eigenvalue weighted by Crippen LogP contribution is 2.59. The molecule has 1 unspecified atom stereocenters. The molecule has 0 N–H and O–H groups in total. The summed E-state index contributed by atoms with van der Waals surface area (Å²) in [5.74, 6) is 0. The summed E-state index contributed by atoms with van der Waals surface area (Å²) >= 11 is 0. The molecule has 0 heterocycles. The van der Waals surface area contributed by atoms with E-state index in [1.807, 2.05) is 27.7 Å². The van der Waals surface area contributed by atoms with Crippen molar-refractivity contribution in [1.29, 1.82) is 0 Å². The van der Waals surface area contributed by atoms with E-state index in [0.717, 1.165) is 25.7 Å². The minimum atomic E-state index is -0.815. The number of rotatable bonds is 5. The van der Waals surface area contributed by atoms with Gasteiger partial charge in [0.15, 0.2) is 0 Å². The first-order chi connectivity index (χ1) is 28.3. The topological polar surface area (TPSA) is 0 Å². The fourth-order valence-electron chi connectivity index (χ4n) is 9.49. The van der Waals surface area contributed by atoms with Crippen molar-refractivity contribution in [2.45, 2.75) is 53.4 Å². The largest absolute Gasteiger partial charge is 0.0842 e. The van der Waals surface area contributed by atoms with Crippen LogP contribution in [0.25, 0.3) is 82.9 Å². The van der Waals surface area contributed by atoms with Gasteiger partial charge in [0.1, 0.15) is 0 Å². The van der Waals surface area contributed by atoms with Crippen LogP contribution >= 0.6 is 7.92 Å². The minimum absolute atomic E-state index is 0.815. The Morgan fingerprint density at radius 1 is 0.439 bits per heavy atom. The number of benzene rings is 8. The van der Waals surface area contributed by atoms with Gasteiger partial charge >= 0.3 is 0 Å². The molecule has 1 atom stereocenters. The van der Waals surface area contributed by atoms with Gasteiger partial charge in [-0.2, -0.15) is 0 Å². The zero-order valence-corrected chi connectivity index (χ0v) is 34.4. The molecule has 0 aromatic heterocycles. The zero-order chi connectivity index (χ0) is 38.9. The Balaban J connectivity index is 0.00000103. The van der Waals surface area contributed by atoms with Crippen LogP contribution in [-0.4, -0.2) is 0 Å². The minimum Gasteiger partial charge on any atom is -0.0842 e. The van der Waals surface area contributed by atoms with Crippen LogP contribution in [0.3, 0.4) is 0 Å². The molecular formula is C56H49P. The lowest BCUT2D eigenvalue weighted by Gasteiger charge is -2.28. The van der Waals surface area contributed by atoms with Gasteiger partial charge in [-0.25, -0.2) is 0 Å². The summed E-state index contributed by atoms with van der Waals surface area (Å²) in [7, 11) is -0.815. The highest BCUT2D eigenvalue weighted by atomic mass is 31.1. The second kappa shape index (κ2) is 16.0. The molecule has 0 spiro atoms. The molecule has 0 aliphatic heterocycles. The van der Waals surface area contributed by atoms with Crippen LogP contribution in [-0.2, 0) is 6.42 Å². The lowest BCUT2D eigenvalue weighted by molar-refractivity contribution is 0.998. The first-order valence-electron chi connectivity index (χ1n) is 21.0. The van der Waals surface area contributed by atoms with Gasteiger partial charge in [-0.05, 0) is 144 Å². The number of aryl methyl sites for hydroxylation is 1. The van der Waals surface area contributed by atoms with Crippen molar-refractivity contribution < 1.29 is 0 Å². The Morgan fingerprint density at radius 3 is 1.63 bits per heavy atom. The van der Waals surface area contributed by atoms with Gasteiger partial charge < -0.3 is 0 Å². The van der Waals surface area contributed by atoms with E-state index >= 15 is 0 Å². The van der Waals surface area contributed by atoms with Crippen molar-refractivity contribution in [3.8, 4) is 44.5 Å². The lowest BCUT2D eigenvalue weighted by Crippen LogP contribution is -2.17. The first-order valence-corrected chi connectivity index (χ1v) is 22.3. The Bertz CT molecular complexity index is 2780. The summed E-state index contributed by atoms with van der Waals surface area (Å²) in [6, 6.07) is 55.1. The Morgan fingerprint density at radius 2 is 1.00 bits per heavy atom. The maximum absolute atomic E-state index is 2.56. The quantitative estimate of drug-likeness (QED) is 0.154. The van der Waals surface area contributed by atoms with Crippen LogP contribution in [0.4, 0.5) is 0 Å². The van der Waals surface area contributed by atoms with E-state index in [4.69, 9.17) is 0 Å². The molecule has 1 heteroatoms. The van der Waals surface area contributed by atoms with Gasteiger partial charge in [0.2, 0.25) is 0 Å². The molecule has 11 rings (SSSR count). The van der Waals surface area contributed by atoms with Gasteiger partial charge in [0.25, 0.3) is 0 Å². The molecule has 0 amide bonds. The summed E-state index contributed by atoms with van der Waals surface area (Å²) in [4.78, 5) is 0. The van der Waals surface area contributed by atoms with E-state index in [1.54, 1.807) is 5.31 Å². The van der Waals surface area contributed by atoms with Crippen molar-refractivity contribution in [3.05, 3.63) is 186 Å². The summed E-state index contributed by atoms with van der Waals surface area (Å²) in [5.41, 5.74) is 13.5. The first kappa shape index (κ1) is 36.8. The summed E-state index contributed by atoms with van der Waals surface area (Å²) in [6.07, 6.45) is 16.2. The second-order valence-electron chi connectivity index (χ2n) is 14.5. The van der Waals surface area contributed by atoms with E-state index in [1.165, 1.54) is 98.6 Å². The average molecular weight is 753 g/mol. The predicted octanol–water partition coefficient (Wildman–Crippen LogP) is 15.8. The Hall–Kier alpha value is -5.81. The maximum Gasteiger partial charge on any atom is -0.000741 e. The highest BCUT2D eigenvalue weighted by Gasteiger charge is 2.33. The number of hydrogen-bond donors (Lipinski definition) is 0. The van der Waals surface area contributed by atoms with Crippen LogP contribution in [0.2, 0.25) is 0 Å². The molecule has 8 aromatic carbocycles. The third-order valence-corrected chi connectivity index (χ3v) is 14.4. The standard InChI is InChI=1S/C52H37P.2C2H6/c1-4-17-34(18-5-1)48-41-27-14-15-28-42(41)49(35-19-6-2-7-20-35)52-45-31-32-46(43-29-16-30-44(50(43)45)51(48)52)53(37-22-8-3-9-23-37)47-33-36-21-10-11-24-38(36)39-25-12-13-26-40(39)47;2*1-2/h1-8,10,12-22,25-33H,9,11,23-24H2;2*1-2H3.